The van der Waals surface area contributed by atoms with E-state index < -0.39 is 11.9 Å². The van der Waals surface area contributed by atoms with Crippen LogP contribution >= 0.6 is 24.4 Å². The first-order valence-corrected chi connectivity index (χ1v) is 8.84. The van der Waals surface area contributed by atoms with Crippen molar-refractivity contribution in [2.45, 2.75) is 18.9 Å². The summed E-state index contributed by atoms with van der Waals surface area (Å²) in [5, 5.41) is 2.75. The SMILES string of the molecule is CSCC[C@H](NC(=O)[C@H](CS)Cc1ccccc1)C(N)=O. The lowest BCUT2D eigenvalue weighted by atomic mass is 9.99. The molecule has 116 valence electrons. The highest BCUT2D eigenvalue weighted by molar-refractivity contribution is 7.98. The summed E-state index contributed by atoms with van der Waals surface area (Å²) in [7, 11) is 0. The summed E-state index contributed by atoms with van der Waals surface area (Å²) in [5.41, 5.74) is 6.41. The normalized spacial score (nSPS) is 13.4. The highest BCUT2D eigenvalue weighted by atomic mass is 32.2. The fourth-order valence-electron chi connectivity index (χ4n) is 1.95. The van der Waals surface area contributed by atoms with Crippen molar-refractivity contribution < 1.29 is 9.59 Å². The summed E-state index contributed by atoms with van der Waals surface area (Å²) >= 11 is 5.87. The number of nitrogens with one attached hydrogen (secondary N) is 1. The van der Waals surface area contributed by atoms with Crippen LogP contribution in [0.4, 0.5) is 0 Å². The summed E-state index contributed by atoms with van der Waals surface area (Å²) in [6.07, 6.45) is 3.10. The molecule has 1 aromatic carbocycles. The molecule has 6 heteroatoms. The quantitative estimate of drug-likeness (QED) is 0.602. The lowest BCUT2D eigenvalue weighted by Crippen LogP contribution is -2.47. The molecule has 4 nitrogen and oxygen atoms in total. The van der Waals surface area contributed by atoms with E-state index in [0.29, 0.717) is 18.6 Å². The number of hydrogen-bond donors (Lipinski definition) is 3. The van der Waals surface area contributed by atoms with Gasteiger partial charge in [-0.3, -0.25) is 9.59 Å². The van der Waals surface area contributed by atoms with Gasteiger partial charge in [0.25, 0.3) is 0 Å². The molecule has 0 aliphatic rings. The molecule has 0 spiro atoms. The zero-order valence-corrected chi connectivity index (χ0v) is 13.8. The Labute approximate surface area is 135 Å². The van der Waals surface area contributed by atoms with Gasteiger partial charge < -0.3 is 11.1 Å². The standard InChI is InChI=1S/C15H22N2O2S2/c1-21-8-7-13(14(16)18)17-15(19)12(10-20)9-11-5-3-2-4-6-11/h2-6,12-13,20H,7-10H2,1H3,(H2,16,18)(H,17,19)/t12-,13-/m0/s1. The van der Waals surface area contributed by atoms with E-state index in [4.69, 9.17) is 5.73 Å². The predicted molar refractivity (Wildman–Crippen MR) is 91.6 cm³/mol. The van der Waals surface area contributed by atoms with Crippen molar-refractivity contribution in [2.75, 3.05) is 17.8 Å². The molecule has 0 aliphatic carbocycles. The largest absolute Gasteiger partial charge is 0.368 e. The molecule has 0 unspecified atom stereocenters. The molecule has 0 fully saturated rings. The molecule has 0 aliphatic heterocycles. The van der Waals surface area contributed by atoms with Gasteiger partial charge in [0, 0.05) is 5.75 Å². The summed E-state index contributed by atoms with van der Waals surface area (Å²) in [4.78, 5) is 23.7. The Balaban J connectivity index is 2.62. The van der Waals surface area contributed by atoms with E-state index in [-0.39, 0.29) is 11.8 Å². The van der Waals surface area contributed by atoms with Gasteiger partial charge >= 0.3 is 0 Å². The van der Waals surface area contributed by atoms with Crippen molar-refractivity contribution in [3.05, 3.63) is 35.9 Å². The van der Waals surface area contributed by atoms with Crippen LogP contribution in [-0.4, -0.2) is 35.6 Å². The Morgan fingerprint density at radius 3 is 2.52 bits per heavy atom. The van der Waals surface area contributed by atoms with Gasteiger partial charge in [0.15, 0.2) is 0 Å². The van der Waals surface area contributed by atoms with Gasteiger partial charge in [-0.25, -0.2) is 0 Å². The number of thioether (sulfide) groups is 1. The number of carbonyl (C=O) groups excluding carboxylic acids is 2. The average Bonchev–Trinajstić information content (AvgIpc) is 2.49. The van der Waals surface area contributed by atoms with Crippen molar-refractivity contribution >= 4 is 36.2 Å². The van der Waals surface area contributed by atoms with E-state index in [1.165, 1.54) is 0 Å². The molecule has 0 heterocycles. The van der Waals surface area contributed by atoms with Crippen molar-refractivity contribution in [1.82, 2.24) is 5.32 Å². The van der Waals surface area contributed by atoms with Crippen LogP contribution in [0.15, 0.2) is 30.3 Å². The number of carbonyl (C=O) groups is 2. The monoisotopic (exact) mass is 326 g/mol. The molecule has 0 bridgehead atoms. The number of amides is 2. The van der Waals surface area contributed by atoms with E-state index in [9.17, 15) is 9.59 Å². The van der Waals surface area contributed by atoms with E-state index in [1.54, 1.807) is 11.8 Å². The second-order valence-electron chi connectivity index (χ2n) is 4.81. The van der Waals surface area contributed by atoms with E-state index in [1.807, 2.05) is 36.6 Å². The summed E-state index contributed by atoms with van der Waals surface area (Å²) in [5.74, 6) is 0.271. The maximum absolute atomic E-state index is 12.3. The third kappa shape index (κ3) is 6.44. The molecule has 0 radical (unpaired) electrons. The Bertz CT molecular complexity index is 454. The first-order valence-electron chi connectivity index (χ1n) is 6.82. The van der Waals surface area contributed by atoms with Gasteiger partial charge in [-0.2, -0.15) is 24.4 Å². The molecular weight excluding hydrogens is 304 g/mol. The second kappa shape index (κ2) is 9.73. The van der Waals surface area contributed by atoms with Crippen LogP contribution in [0, 0.1) is 5.92 Å². The van der Waals surface area contributed by atoms with E-state index >= 15 is 0 Å². The van der Waals surface area contributed by atoms with E-state index in [0.717, 1.165) is 11.3 Å². The number of thiol groups is 1. The molecule has 1 aromatic rings. The number of rotatable bonds is 9. The molecule has 2 atom stereocenters. The first-order chi connectivity index (χ1) is 10.1. The molecule has 0 saturated carbocycles. The fourth-order valence-corrected chi connectivity index (χ4v) is 2.72. The zero-order chi connectivity index (χ0) is 15.7. The van der Waals surface area contributed by atoms with Crippen LogP contribution in [0.25, 0.3) is 0 Å². The molecular formula is C15H22N2O2S2. The molecule has 2 amide bonds. The van der Waals surface area contributed by atoms with Crippen LogP contribution in [-0.2, 0) is 16.0 Å². The molecule has 1 rings (SSSR count). The third-order valence-electron chi connectivity index (χ3n) is 3.19. The predicted octanol–water partition coefficient (Wildman–Crippen LogP) is 1.50. The van der Waals surface area contributed by atoms with Gasteiger partial charge in [-0.05, 0) is 30.4 Å². The smallest absolute Gasteiger partial charge is 0.240 e. The highest BCUT2D eigenvalue weighted by Gasteiger charge is 2.23. The van der Waals surface area contributed by atoms with Crippen molar-refractivity contribution in [3.8, 4) is 0 Å². The maximum Gasteiger partial charge on any atom is 0.240 e. The van der Waals surface area contributed by atoms with Crippen LogP contribution < -0.4 is 11.1 Å². The van der Waals surface area contributed by atoms with Crippen LogP contribution in [0.2, 0.25) is 0 Å². The minimum absolute atomic E-state index is 0.168. The lowest BCUT2D eigenvalue weighted by Gasteiger charge is -2.19. The molecule has 21 heavy (non-hydrogen) atoms. The number of hydrogen-bond acceptors (Lipinski definition) is 4. The Morgan fingerprint density at radius 1 is 1.33 bits per heavy atom. The Morgan fingerprint density at radius 2 is 2.00 bits per heavy atom. The topological polar surface area (TPSA) is 72.2 Å². The van der Waals surface area contributed by atoms with Gasteiger partial charge in [0.05, 0.1) is 5.92 Å². The maximum atomic E-state index is 12.3. The minimum Gasteiger partial charge on any atom is -0.368 e. The molecule has 0 saturated heterocycles. The first kappa shape index (κ1) is 17.9. The highest BCUT2D eigenvalue weighted by Crippen LogP contribution is 2.11. The molecule has 3 N–H and O–H groups in total. The Kier molecular flexibility index (Phi) is 8.30. The van der Waals surface area contributed by atoms with Crippen LogP contribution in [0.3, 0.4) is 0 Å². The van der Waals surface area contributed by atoms with Crippen molar-refractivity contribution in [1.29, 1.82) is 0 Å². The number of nitrogens with two attached hydrogens (primary N) is 1. The molecule has 0 aromatic heterocycles. The fraction of sp³-hybridized carbons (Fsp3) is 0.467. The summed E-state index contributed by atoms with van der Waals surface area (Å²) < 4.78 is 0. The van der Waals surface area contributed by atoms with Crippen LogP contribution in [0.1, 0.15) is 12.0 Å². The summed E-state index contributed by atoms with van der Waals surface area (Å²) in [6, 6.07) is 9.15. The van der Waals surface area contributed by atoms with Crippen molar-refractivity contribution in [2.24, 2.45) is 11.7 Å². The third-order valence-corrected chi connectivity index (χ3v) is 4.27. The van der Waals surface area contributed by atoms with Gasteiger partial charge in [-0.15, -0.1) is 0 Å². The number of primary amides is 1. The summed E-state index contributed by atoms with van der Waals surface area (Å²) in [6.45, 7) is 0. The van der Waals surface area contributed by atoms with Gasteiger partial charge in [0.1, 0.15) is 6.04 Å². The van der Waals surface area contributed by atoms with Crippen molar-refractivity contribution in [3.63, 3.8) is 0 Å². The number of benzene rings is 1. The second-order valence-corrected chi connectivity index (χ2v) is 6.16. The Hall–Kier alpha value is -1.14. The van der Waals surface area contributed by atoms with Crippen LogP contribution in [0.5, 0.6) is 0 Å². The van der Waals surface area contributed by atoms with Gasteiger partial charge in [-0.1, -0.05) is 30.3 Å². The zero-order valence-electron chi connectivity index (χ0n) is 12.1. The lowest BCUT2D eigenvalue weighted by molar-refractivity contribution is -0.129. The van der Waals surface area contributed by atoms with E-state index in [2.05, 4.69) is 17.9 Å². The minimum atomic E-state index is -0.608. The van der Waals surface area contributed by atoms with Gasteiger partial charge in [0.2, 0.25) is 11.8 Å². The average molecular weight is 326 g/mol.